The summed E-state index contributed by atoms with van der Waals surface area (Å²) in [7, 11) is 3.19. The predicted octanol–water partition coefficient (Wildman–Crippen LogP) is 5.88. The molecule has 0 radical (unpaired) electrons. The van der Waals surface area contributed by atoms with Gasteiger partial charge in [-0.2, -0.15) is 0 Å². The molecule has 0 fully saturated rings. The Hall–Kier alpha value is -4.26. The minimum Gasteiger partial charge on any atom is -0.497 e. The summed E-state index contributed by atoms with van der Waals surface area (Å²) < 4.78 is 17.2. The minimum atomic E-state index is -0.616. The molecule has 0 saturated carbocycles. The van der Waals surface area contributed by atoms with Crippen molar-refractivity contribution in [2.24, 2.45) is 0 Å². The Kier molecular flexibility index (Phi) is 6.61. The van der Waals surface area contributed by atoms with Crippen molar-refractivity contribution in [3.05, 3.63) is 88.5 Å². The van der Waals surface area contributed by atoms with Crippen LogP contribution in [0.2, 0.25) is 0 Å². The lowest BCUT2D eigenvalue weighted by molar-refractivity contribution is -0.116. The van der Waals surface area contributed by atoms with Crippen LogP contribution in [0.1, 0.15) is 43.4 Å². The van der Waals surface area contributed by atoms with Gasteiger partial charge in [0.05, 0.1) is 25.7 Å². The molecule has 2 aromatic carbocycles. The predicted molar refractivity (Wildman–Crippen MR) is 142 cm³/mol. The number of methoxy groups -OCH3 is 2. The van der Waals surface area contributed by atoms with Crippen molar-refractivity contribution >= 4 is 17.4 Å². The average molecular weight is 499 g/mol. The number of ether oxygens (including phenoxy) is 2. The Morgan fingerprint density at radius 3 is 2.43 bits per heavy atom. The summed E-state index contributed by atoms with van der Waals surface area (Å²) in [6.45, 7) is 3.82. The number of dihydropyridines is 1. The molecule has 1 aliphatic heterocycles. The smallest absolute Gasteiger partial charge is 0.254 e. The minimum absolute atomic E-state index is 0.0356. The van der Waals surface area contributed by atoms with Crippen LogP contribution in [-0.2, 0) is 9.59 Å². The van der Waals surface area contributed by atoms with Crippen molar-refractivity contribution in [3.8, 4) is 22.8 Å². The number of hydrogen-bond donors (Lipinski definition) is 2. The topological polar surface area (TPSA) is 89.8 Å². The van der Waals surface area contributed by atoms with E-state index in [1.165, 1.54) is 0 Å². The second-order valence-electron chi connectivity index (χ2n) is 9.34. The van der Waals surface area contributed by atoms with Crippen LogP contribution in [0.15, 0.2) is 81.6 Å². The van der Waals surface area contributed by atoms with Gasteiger partial charge in [-0.05, 0) is 62.6 Å². The highest BCUT2D eigenvalue weighted by Gasteiger charge is 2.40. The molecule has 2 aliphatic rings. The zero-order chi connectivity index (χ0) is 26.1. The Labute approximate surface area is 216 Å². The van der Waals surface area contributed by atoms with Gasteiger partial charge in [-0.25, -0.2) is 0 Å². The van der Waals surface area contributed by atoms with Crippen LogP contribution in [-0.4, -0.2) is 25.9 Å². The number of furan rings is 1. The molecule has 0 bridgehead atoms. The van der Waals surface area contributed by atoms with E-state index >= 15 is 0 Å². The highest BCUT2D eigenvalue weighted by molar-refractivity contribution is 6.09. The molecule has 2 N–H and O–H groups in total. The number of benzene rings is 2. The van der Waals surface area contributed by atoms with Crippen molar-refractivity contribution in [2.45, 2.75) is 39.0 Å². The number of anilines is 1. The van der Waals surface area contributed by atoms with Gasteiger partial charge in [0.15, 0.2) is 5.78 Å². The van der Waals surface area contributed by atoms with Crippen LogP contribution in [0.3, 0.4) is 0 Å². The standard InChI is InChI=1S/C30H30N2O5/c1-17-8-5-6-9-22(17)32-30(34)27-18(2)31-23-10-7-11-24(33)28(23)29(27)26-13-12-25(37-26)19-14-20(35-3)16-21(15-19)36-4/h5-6,8-9,12-16,29,31H,7,10-11H2,1-4H3,(H,32,34). The van der Waals surface area contributed by atoms with Gasteiger partial charge in [-0.1, -0.05) is 18.2 Å². The number of amides is 1. The molecular weight excluding hydrogens is 468 g/mol. The molecule has 1 aliphatic carbocycles. The molecule has 1 atom stereocenters. The van der Waals surface area contributed by atoms with Gasteiger partial charge in [0.2, 0.25) is 0 Å². The Bertz CT molecular complexity index is 1420. The maximum Gasteiger partial charge on any atom is 0.254 e. The van der Waals surface area contributed by atoms with Crippen molar-refractivity contribution in [3.63, 3.8) is 0 Å². The number of hydrogen-bond acceptors (Lipinski definition) is 6. The van der Waals surface area contributed by atoms with Crippen LogP contribution >= 0.6 is 0 Å². The van der Waals surface area contributed by atoms with E-state index in [1.54, 1.807) is 20.3 Å². The van der Waals surface area contributed by atoms with Gasteiger partial charge in [0, 0.05) is 40.7 Å². The number of nitrogens with one attached hydrogen (secondary N) is 2. The third-order valence-electron chi connectivity index (χ3n) is 6.96. The summed E-state index contributed by atoms with van der Waals surface area (Å²) in [5.74, 6) is 1.55. The number of Topliss-reactive ketones (excluding diaryl/α,β-unsaturated/α-hetero) is 1. The third kappa shape index (κ3) is 4.65. The van der Waals surface area contributed by atoms with Crippen molar-refractivity contribution in [1.29, 1.82) is 0 Å². The average Bonchev–Trinajstić information content (AvgIpc) is 3.39. The SMILES string of the molecule is COc1cc(OC)cc(-c2ccc(C3C(C(=O)Nc4ccccc4C)=C(C)NC4=C3C(=O)CCC4)o2)c1. The fourth-order valence-corrected chi connectivity index (χ4v) is 5.08. The molecule has 0 spiro atoms. The maximum absolute atomic E-state index is 13.7. The van der Waals surface area contributed by atoms with Gasteiger partial charge >= 0.3 is 0 Å². The first-order chi connectivity index (χ1) is 17.9. The zero-order valence-corrected chi connectivity index (χ0v) is 21.4. The zero-order valence-electron chi connectivity index (χ0n) is 21.4. The maximum atomic E-state index is 13.7. The van der Waals surface area contributed by atoms with E-state index < -0.39 is 5.92 Å². The number of aryl methyl sites for hydroxylation is 1. The molecule has 1 amide bonds. The lowest BCUT2D eigenvalue weighted by Gasteiger charge is -2.33. The fraction of sp³-hybridized carbons (Fsp3) is 0.267. The largest absolute Gasteiger partial charge is 0.497 e. The number of rotatable bonds is 6. The summed E-state index contributed by atoms with van der Waals surface area (Å²) in [5, 5.41) is 6.39. The van der Waals surface area contributed by atoms with Gasteiger partial charge < -0.3 is 24.5 Å². The quantitative estimate of drug-likeness (QED) is 0.441. The first-order valence-electron chi connectivity index (χ1n) is 12.3. The highest BCUT2D eigenvalue weighted by atomic mass is 16.5. The molecular formula is C30H30N2O5. The number of ketones is 1. The van der Waals surface area contributed by atoms with E-state index in [1.807, 2.05) is 62.4 Å². The fourth-order valence-electron chi connectivity index (χ4n) is 5.08. The van der Waals surface area contributed by atoms with Gasteiger partial charge in [-0.15, -0.1) is 0 Å². The van der Waals surface area contributed by atoms with Gasteiger partial charge in [-0.3, -0.25) is 9.59 Å². The summed E-state index contributed by atoms with van der Waals surface area (Å²) in [6, 6.07) is 16.8. The Morgan fingerprint density at radius 1 is 1.00 bits per heavy atom. The molecule has 3 aromatic rings. The lowest BCUT2D eigenvalue weighted by atomic mass is 9.77. The molecule has 37 heavy (non-hydrogen) atoms. The van der Waals surface area contributed by atoms with Gasteiger partial charge in [0.25, 0.3) is 5.91 Å². The molecule has 7 nitrogen and oxygen atoms in total. The van der Waals surface area contributed by atoms with Crippen LogP contribution in [0, 0.1) is 6.92 Å². The van der Waals surface area contributed by atoms with Crippen LogP contribution in [0.4, 0.5) is 5.69 Å². The molecule has 190 valence electrons. The van der Waals surface area contributed by atoms with E-state index in [0.29, 0.717) is 46.3 Å². The van der Waals surface area contributed by atoms with E-state index in [2.05, 4.69) is 10.6 Å². The van der Waals surface area contributed by atoms with Crippen molar-refractivity contribution in [1.82, 2.24) is 5.32 Å². The summed E-state index contributed by atoms with van der Waals surface area (Å²) in [4.78, 5) is 26.9. The number of carbonyl (C=O) groups excluding carboxylic acids is 2. The number of para-hydroxylation sites is 1. The highest BCUT2D eigenvalue weighted by Crippen LogP contribution is 2.44. The van der Waals surface area contributed by atoms with Crippen LogP contribution < -0.4 is 20.1 Å². The van der Waals surface area contributed by atoms with Crippen molar-refractivity contribution < 1.29 is 23.5 Å². The van der Waals surface area contributed by atoms with Crippen LogP contribution in [0.25, 0.3) is 11.3 Å². The molecule has 7 heteroatoms. The summed E-state index contributed by atoms with van der Waals surface area (Å²) in [5.41, 5.74) is 5.11. The molecule has 0 saturated heterocycles. The molecule has 1 unspecified atom stereocenters. The van der Waals surface area contributed by atoms with E-state index in [0.717, 1.165) is 35.4 Å². The second-order valence-corrected chi connectivity index (χ2v) is 9.34. The van der Waals surface area contributed by atoms with E-state index in [4.69, 9.17) is 13.9 Å². The number of allylic oxidation sites excluding steroid dienone is 3. The van der Waals surface area contributed by atoms with E-state index in [-0.39, 0.29) is 11.7 Å². The van der Waals surface area contributed by atoms with E-state index in [9.17, 15) is 9.59 Å². The molecule has 5 rings (SSSR count). The number of carbonyl (C=O) groups is 2. The third-order valence-corrected chi connectivity index (χ3v) is 6.96. The Morgan fingerprint density at radius 2 is 1.73 bits per heavy atom. The van der Waals surface area contributed by atoms with Crippen LogP contribution in [0.5, 0.6) is 11.5 Å². The summed E-state index contributed by atoms with van der Waals surface area (Å²) >= 11 is 0. The second kappa shape index (κ2) is 10.0. The lowest BCUT2D eigenvalue weighted by Crippen LogP contribution is -2.35. The molecule has 1 aromatic heterocycles. The monoisotopic (exact) mass is 498 g/mol. The summed E-state index contributed by atoms with van der Waals surface area (Å²) in [6.07, 6.45) is 1.98. The van der Waals surface area contributed by atoms with Crippen molar-refractivity contribution in [2.75, 3.05) is 19.5 Å². The molecule has 2 heterocycles. The van der Waals surface area contributed by atoms with Gasteiger partial charge in [0.1, 0.15) is 23.0 Å². The normalized spacial score (nSPS) is 17.3. The first-order valence-corrected chi connectivity index (χ1v) is 12.3. The Balaban J connectivity index is 1.59. The first kappa shape index (κ1) is 24.4.